The zero-order valence-corrected chi connectivity index (χ0v) is 11.3. The smallest absolute Gasteiger partial charge is 0.373 e. The molecule has 0 bridgehead atoms. The van der Waals surface area contributed by atoms with E-state index in [9.17, 15) is 22.0 Å². The zero-order valence-electron chi connectivity index (χ0n) is 10.3. The molecule has 0 N–H and O–H groups in total. The Bertz CT molecular complexity index is 450. The molecular formula is C10H11F5O3Si. The third-order valence-corrected chi connectivity index (χ3v) is 4.91. The van der Waals surface area contributed by atoms with Gasteiger partial charge < -0.3 is 13.6 Å². The average Bonchev–Trinajstić information content (AvgIpc) is 2.42. The first-order valence-electron chi connectivity index (χ1n) is 5.02. The molecule has 0 heterocycles. The summed E-state index contributed by atoms with van der Waals surface area (Å²) in [6.45, 7) is 1.50. The van der Waals surface area contributed by atoms with Crippen LogP contribution in [-0.2, 0) is 8.85 Å². The summed E-state index contributed by atoms with van der Waals surface area (Å²) in [4.78, 5) is 0. The molecule has 1 aromatic carbocycles. The molecule has 9 heteroatoms. The fourth-order valence-electron chi connectivity index (χ4n) is 1.12. The first-order valence-corrected chi connectivity index (χ1v) is 7.54. The molecule has 0 saturated carbocycles. The normalized spacial score (nSPS) is 11.8. The van der Waals surface area contributed by atoms with E-state index < -0.39 is 49.6 Å². The van der Waals surface area contributed by atoms with Crippen LogP contribution in [0.4, 0.5) is 22.0 Å². The summed E-state index contributed by atoms with van der Waals surface area (Å²) in [5.41, 5.74) is 0. The van der Waals surface area contributed by atoms with Crippen molar-refractivity contribution in [3.63, 3.8) is 0 Å². The first kappa shape index (κ1) is 15.9. The van der Waals surface area contributed by atoms with Gasteiger partial charge in [-0.2, -0.15) is 8.78 Å². The highest BCUT2D eigenvalue weighted by Crippen LogP contribution is 2.29. The molecule has 0 radical (unpaired) electrons. The molecule has 0 unspecified atom stereocenters. The van der Waals surface area contributed by atoms with E-state index in [0.717, 1.165) is 0 Å². The third kappa shape index (κ3) is 3.04. The van der Waals surface area contributed by atoms with Gasteiger partial charge in [0.15, 0.2) is 5.75 Å². The van der Waals surface area contributed by atoms with Crippen molar-refractivity contribution in [2.45, 2.75) is 6.55 Å². The standard InChI is InChI=1S/C10H11F5O3Si/c1-16-19(3,17-2)4-18-10-8(14)6(12)5(11)7(13)9(10)15/h4H2,1-3H3. The number of benzene rings is 1. The number of hydrogen-bond acceptors (Lipinski definition) is 3. The monoisotopic (exact) mass is 302 g/mol. The van der Waals surface area contributed by atoms with Crippen molar-refractivity contribution >= 4 is 8.56 Å². The second-order valence-electron chi connectivity index (χ2n) is 3.73. The predicted octanol–water partition coefficient (Wildman–Crippen LogP) is 2.66. The largest absolute Gasteiger partial charge is 0.485 e. The van der Waals surface area contributed by atoms with Crippen LogP contribution in [0.3, 0.4) is 0 Å². The second-order valence-corrected chi connectivity index (χ2v) is 7.10. The van der Waals surface area contributed by atoms with Crippen molar-refractivity contribution < 1.29 is 35.5 Å². The summed E-state index contributed by atoms with van der Waals surface area (Å²) in [5.74, 6) is -11.8. The van der Waals surface area contributed by atoms with Crippen LogP contribution in [0.5, 0.6) is 5.75 Å². The molecule has 0 aliphatic carbocycles. The molecule has 1 aromatic rings. The van der Waals surface area contributed by atoms with Crippen molar-refractivity contribution in [3.8, 4) is 5.75 Å². The highest BCUT2D eigenvalue weighted by molar-refractivity contribution is 6.65. The van der Waals surface area contributed by atoms with Crippen molar-refractivity contribution in [1.29, 1.82) is 0 Å². The van der Waals surface area contributed by atoms with E-state index in [1.54, 1.807) is 0 Å². The Hall–Kier alpha value is -1.19. The van der Waals surface area contributed by atoms with Crippen molar-refractivity contribution in [2.24, 2.45) is 0 Å². The van der Waals surface area contributed by atoms with E-state index in [-0.39, 0.29) is 0 Å². The molecule has 19 heavy (non-hydrogen) atoms. The van der Waals surface area contributed by atoms with Gasteiger partial charge in [-0.25, -0.2) is 13.2 Å². The van der Waals surface area contributed by atoms with Gasteiger partial charge in [0.05, 0.1) is 0 Å². The van der Waals surface area contributed by atoms with Crippen LogP contribution in [0.15, 0.2) is 0 Å². The van der Waals surface area contributed by atoms with Crippen LogP contribution in [0, 0.1) is 29.1 Å². The Morgan fingerprint density at radius 2 is 1.16 bits per heavy atom. The summed E-state index contributed by atoms with van der Waals surface area (Å²) in [6.07, 6.45) is -0.432. The lowest BCUT2D eigenvalue weighted by Gasteiger charge is -2.23. The molecule has 0 amide bonds. The molecule has 0 fully saturated rings. The van der Waals surface area contributed by atoms with Crippen molar-refractivity contribution in [2.75, 3.05) is 20.4 Å². The molecule has 0 spiro atoms. The van der Waals surface area contributed by atoms with Crippen LogP contribution in [0.25, 0.3) is 0 Å². The van der Waals surface area contributed by atoms with Crippen LogP contribution < -0.4 is 4.74 Å². The van der Waals surface area contributed by atoms with E-state index in [1.165, 1.54) is 20.8 Å². The van der Waals surface area contributed by atoms with Gasteiger partial charge in [-0.05, 0) is 6.55 Å². The van der Waals surface area contributed by atoms with Gasteiger partial charge in [0.25, 0.3) is 0 Å². The minimum Gasteiger partial charge on any atom is -0.485 e. The molecule has 108 valence electrons. The maximum atomic E-state index is 13.3. The summed E-state index contributed by atoms with van der Waals surface area (Å²) >= 11 is 0. The number of ether oxygens (including phenoxy) is 1. The highest BCUT2D eigenvalue weighted by Gasteiger charge is 2.33. The molecule has 3 nitrogen and oxygen atoms in total. The maximum Gasteiger partial charge on any atom is 0.373 e. The van der Waals surface area contributed by atoms with Crippen LogP contribution in [-0.4, -0.2) is 29.0 Å². The van der Waals surface area contributed by atoms with Crippen LogP contribution in [0.1, 0.15) is 0 Å². The van der Waals surface area contributed by atoms with Crippen LogP contribution >= 0.6 is 0 Å². The molecular weight excluding hydrogens is 291 g/mol. The Kier molecular flexibility index (Phi) is 4.88. The van der Waals surface area contributed by atoms with Crippen molar-refractivity contribution in [3.05, 3.63) is 29.1 Å². The van der Waals surface area contributed by atoms with Gasteiger partial charge in [0.1, 0.15) is 6.23 Å². The lowest BCUT2D eigenvalue weighted by atomic mass is 10.3. The van der Waals surface area contributed by atoms with Gasteiger partial charge in [0.2, 0.25) is 29.1 Å². The highest BCUT2D eigenvalue weighted by atomic mass is 28.4. The van der Waals surface area contributed by atoms with Gasteiger partial charge in [-0.1, -0.05) is 0 Å². The summed E-state index contributed by atoms with van der Waals surface area (Å²) in [6, 6.07) is 0. The minimum atomic E-state index is -2.87. The summed E-state index contributed by atoms with van der Waals surface area (Å²) in [5, 5.41) is 0. The molecule has 0 aliphatic heterocycles. The maximum absolute atomic E-state index is 13.3. The molecule has 1 rings (SSSR count). The van der Waals surface area contributed by atoms with Gasteiger partial charge in [-0.3, -0.25) is 0 Å². The molecule has 0 aliphatic rings. The van der Waals surface area contributed by atoms with Gasteiger partial charge in [-0.15, -0.1) is 0 Å². The quantitative estimate of drug-likeness (QED) is 0.362. The van der Waals surface area contributed by atoms with E-state index in [2.05, 4.69) is 4.74 Å². The van der Waals surface area contributed by atoms with E-state index in [0.29, 0.717) is 0 Å². The van der Waals surface area contributed by atoms with Gasteiger partial charge in [0, 0.05) is 14.2 Å². The number of halogens is 5. The summed E-state index contributed by atoms with van der Waals surface area (Å²) < 4.78 is 79.7. The average molecular weight is 302 g/mol. The van der Waals surface area contributed by atoms with Gasteiger partial charge >= 0.3 is 8.56 Å². The molecule has 0 atom stereocenters. The Morgan fingerprint density at radius 1 is 0.789 bits per heavy atom. The summed E-state index contributed by atoms with van der Waals surface area (Å²) in [7, 11) is -0.290. The topological polar surface area (TPSA) is 27.7 Å². The Labute approximate surface area is 107 Å². The lowest BCUT2D eigenvalue weighted by molar-refractivity contribution is 0.202. The molecule has 0 aromatic heterocycles. The Balaban J connectivity index is 3.09. The SMILES string of the molecule is CO[Si](C)(COc1c(F)c(F)c(F)c(F)c1F)OC. The Morgan fingerprint density at radius 3 is 1.53 bits per heavy atom. The third-order valence-electron chi connectivity index (χ3n) is 2.51. The predicted molar refractivity (Wildman–Crippen MR) is 57.4 cm³/mol. The fourth-order valence-corrected chi connectivity index (χ4v) is 1.92. The van der Waals surface area contributed by atoms with Crippen LogP contribution in [0.2, 0.25) is 6.55 Å². The number of hydrogen-bond donors (Lipinski definition) is 0. The number of rotatable bonds is 5. The second kappa shape index (κ2) is 5.84. The van der Waals surface area contributed by atoms with E-state index in [1.807, 2.05) is 0 Å². The zero-order chi connectivity index (χ0) is 14.8. The van der Waals surface area contributed by atoms with E-state index in [4.69, 9.17) is 8.85 Å². The lowest BCUT2D eigenvalue weighted by Crippen LogP contribution is -2.43. The fraction of sp³-hybridized carbons (Fsp3) is 0.400. The van der Waals surface area contributed by atoms with Crippen molar-refractivity contribution in [1.82, 2.24) is 0 Å². The van der Waals surface area contributed by atoms with E-state index >= 15 is 0 Å². The molecule has 0 saturated heterocycles. The first-order chi connectivity index (χ1) is 8.77. The minimum absolute atomic E-state index is 0.432.